The summed E-state index contributed by atoms with van der Waals surface area (Å²) in [5.74, 6) is 0. The summed E-state index contributed by atoms with van der Waals surface area (Å²) in [5, 5.41) is 1.19. The van der Waals surface area contributed by atoms with Crippen molar-refractivity contribution in [2.45, 2.75) is 27.3 Å². The number of benzene rings is 1. The predicted octanol–water partition coefficient (Wildman–Crippen LogP) is 3.10. The lowest BCUT2D eigenvalue weighted by molar-refractivity contribution is 0.183. The molecule has 0 fully saturated rings. The number of fused-ring (bicyclic) bond motifs is 1. The molecule has 1 aromatic heterocycles. The molecule has 19 heavy (non-hydrogen) atoms. The first kappa shape index (κ1) is 14.4. The average Bonchev–Trinajstić information content (AvgIpc) is 2.79. The largest absolute Gasteiger partial charge is 0.330 e. The Morgan fingerprint density at radius 1 is 1.32 bits per heavy atom. The molecular formula is C15H23N3S. The molecule has 2 aromatic rings. The summed E-state index contributed by atoms with van der Waals surface area (Å²) in [6.45, 7) is 10.3. The van der Waals surface area contributed by atoms with Crippen LogP contribution in [0.2, 0.25) is 0 Å². The number of nitrogens with two attached hydrogens (primary N) is 1. The number of aromatic nitrogens is 1. The van der Waals surface area contributed by atoms with Crippen molar-refractivity contribution in [1.82, 2.24) is 9.88 Å². The Morgan fingerprint density at radius 2 is 2.05 bits per heavy atom. The van der Waals surface area contributed by atoms with E-state index in [0.29, 0.717) is 6.54 Å². The van der Waals surface area contributed by atoms with Gasteiger partial charge >= 0.3 is 0 Å². The van der Waals surface area contributed by atoms with Crippen LogP contribution in [0.25, 0.3) is 10.2 Å². The van der Waals surface area contributed by atoms with Crippen LogP contribution in [0, 0.1) is 5.41 Å². The molecule has 0 saturated heterocycles. The molecule has 0 unspecified atom stereocenters. The van der Waals surface area contributed by atoms with Crippen LogP contribution >= 0.6 is 11.3 Å². The topological polar surface area (TPSA) is 42.2 Å². The molecule has 2 N–H and O–H groups in total. The predicted molar refractivity (Wildman–Crippen MR) is 83.4 cm³/mol. The van der Waals surface area contributed by atoms with Crippen molar-refractivity contribution < 1.29 is 0 Å². The smallest absolute Gasteiger partial charge is 0.108 e. The second-order valence-corrected chi connectivity index (χ2v) is 6.86. The van der Waals surface area contributed by atoms with Crippen molar-refractivity contribution in [2.75, 3.05) is 19.6 Å². The van der Waals surface area contributed by atoms with Crippen molar-refractivity contribution in [3.63, 3.8) is 0 Å². The molecule has 0 aliphatic heterocycles. The highest BCUT2D eigenvalue weighted by molar-refractivity contribution is 7.18. The quantitative estimate of drug-likeness (QED) is 0.882. The summed E-state index contributed by atoms with van der Waals surface area (Å²) in [6.07, 6.45) is 0. The van der Waals surface area contributed by atoms with Crippen molar-refractivity contribution in [3.8, 4) is 0 Å². The lowest BCUT2D eigenvalue weighted by Gasteiger charge is -2.30. The summed E-state index contributed by atoms with van der Waals surface area (Å²) >= 11 is 1.79. The molecule has 4 heteroatoms. The van der Waals surface area contributed by atoms with Crippen LogP contribution in [0.4, 0.5) is 0 Å². The third-order valence-corrected chi connectivity index (χ3v) is 4.37. The minimum Gasteiger partial charge on any atom is -0.330 e. The molecule has 0 atom stereocenters. The van der Waals surface area contributed by atoms with E-state index >= 15 is 0 Å². The lowest BCUT2D eigenvalue weighted by atomic mass is 9.93. The van der Waals surface area contributed by atoms with Gasteiger partial charge < -0.3 is 5.73 Å². The molecule has 3 nitrogen and oxygen atoms in total. The van der Waals surface area contributed by atoms with E-state index in [1.807, 2.05) is 6.07 Å². The Kier molecular flexibility index (Phi) is 4.55. The summed E-state index contributed by atoms with van der Waals surface area (Å²) in [4.78, 5) is 7.12. The standard InChI is InChI=1S/C15H23N3S/c1-4-18(11-15(2,3)10-16)9-14-17-12-7-5-6-8-13(12)19-14/h5-8H,4,9-11,16H2,1-3H3. The maximum atomic E-state index is 5.82. The number of hydrogen-bond donors (Lipinski definition) is 1. The van der Waals surface area contributed by atoms with E-state index in [-0.39, 0.29) is 5.41 Å². The van der Waals surface area contributed by atoms with Gasteiger partial charge in [0.15, 0.2) is 0 Å². The van der Waals surface area contributed by atoms with Crippen LogP contribution in [0.5, 0.6) is 0 Å². The summed E-state index contributed by atoms with van der Waals surface area (Å²) < 4.78 is 1.27. The SMILES string of the molecule is CCN(Cc1nc2ccccc2s1)CC(C)(C)CN. The highest BCUT2D eigenvalue weighted by Crippen LogP contribution is 2.24. The molecule has 0 amide bonds. The van der Waals surface area contributed by atoms with E-state index < -0.39 is 0 Å². The van der Waals surface area contributed by atoms with Crippen molar-refractivity contribution in [3.05, 3.63) is 29.3 Å². The van der Waals surface area contributed by atoms with E-state index in [9.17, 15) is 0 Å². The molecule has 0 aliphatic rings. The van der Waals surface area contributed by atoms with E-state index in [2.05, 4.69) is 43.9 Å². The molecule has 1 heterocycles. The monoisotopic (exact) mass is 277 g/mol. The third-order valence-electron chi connectivity index (χ3n) is 3.35. The Balaban J connectivity index is 2.09. The van der Waals surface area contributed by atoms with Gasteiger partial charge in [-0.25, -0.2) is 4.98 Å². The van der Waals surface area contributed by atoms with Crippen molar-refractivity contribution >= 4 is 21.6 Å². The number of hydrogen-bond acceptors (Lipinski definition) is 4. The summed E-state index contributed by atoms with van der Waals surface area (Å²) in [7, 11) is 0. The zero-order chi connectivity index (χ0) is 13.9. The molecule has 2 rings (SSSR count). The van der Waals surface area contributed by atoms with Crippen LogP contribution in [0.15, 0.2) is 24.3 Å². The molecule has 0 saturated carbocycles. The highest BCUT2D eigenvalue weighted by atomic mass is 32.1. The normalized spacial score (nSPS) is 12.5. The first-order valence-corrected chi connectivity index (χ1v) is 7.62. The molecule has 0 radical (unpaired) electrons. The Morgan fingerprint density at radius 3 is 2.68 bits per heavy atom. The second-order valence-electron chi connectivity index (χ2n) is 5.75. The maximum Gasteiger partial charge on any atom is 0.108 e. The van der Waals surface area contributed by atoms with Gasteiger partial charge in [-0.15, -0.1) is 11.3 Å². The first-order chi connectivity index (χ1) is 9.04. The van der Waals surface area contributed by atoms with E-state index in [0.717, 1.165) is 25.2 Å². The minimum absolute atomic E-state index is 0.159. The second kappa shape index (κ2) is 5.99. The van der Waals surface area contributed by atoms with Crippen LogP contribution in [-0.2, 0) is 6.54 Å². The molecular weight excluding hydrogens is 254 g/mol. The summed E-state index contributed by atoms with van der Waals surface area (Å²) in [5.41, 5.74) is 7.09. The van der Waals surface area contributed by atoms with E-state index in [1.165, 1.54) is 9.71 Å². The van der Waals surface area contributed by atoms with E-state index in [1.54, 1.807) is 11.3 Å². The Labute approximate surface area is 119 Å². The number of thiazole rings is 1. The average molecular weight is 277 g/mol. The fraction of sp³-hybridized carbons (Fsp3) is 0.533. The number of nitrogens with zero attached hydrogens (tertiary/aromatic N) is 2. The van der Waals surface area contributed by atoms with Gasteiger partial charge in [-0.3, -0.25) is 4.90 Å². The Hall–Kier alpha value is -0.970. The van der Waals surface area contributed by atoms with Gasteiger partial charge in [0.25, 0.3) is 0 Å². The van der Waals surface area contributed by atoms with Crippen LogP contribution in [0.3, 0.4) is 0 Å². The van der Waals surface area contributed by atoms with Gasteiger partial charge in [-0.1, -0.05) is 32.9 Å². The van der Waals surface area contributed by atoms with Gasteiger partial charge in [0.05, 0.1) is 16.8 Å². The van der Waals surface area contributed by atoms with Gasteiger partial charge in [-0.05, 0) is 30.6 Å². The first-order valence-electron chi connectivity index (χ1n) is 6.81. The van der Waals surface area contributed by atoms with Gasteiger partial charge in [0.1, 0.15) is 5.01 Å². The highest BCUT2D eigenvalue weighted by Gasteiger charge is 2.20. The van der Waals surface area contributed by atoms with Gasteiger partial charge in [-0.2, -0.15) is 0 Å². The van der Waals surface area contributed by atoms with Crippen LogP contribution < -0.4 is 5.73 Å². The minimum atomic E-state index is 0.159. The lowest BCUT2D eigenvalue weighted by Crippen LogP contribution is -2.38. The van der Waals surface area contributed by atoms with Crippen molar-refractivity contribution in [2.24, 2.45) is 11.1 Å². The molecule has 1 aromatic carbocycles. The van der Waals surface area contributed by atoms with Gasteiger partial charge in [0.2, 0.25) is 0 Å². The fourth-order valence-corrected chi connectivity index (χ4v) is 3.14. The van der Waals surface area contributed by atoms with Gasteiger partial charge in [0, 0.05) is 6.54 Å². The maximum absolute atomic E-state index is 5.82. The molecule has 0 aliphatic carbocycles. The number of para-hydroxylation sites is 1. The fourth-order valence-electron chi connectivity index (χ4n) is 2.13. The third kappa shape index (κ3) is 3.75. The number of rotatable bonds is 6. The zero-order valence-electron chi connectivity index (χ0n) is 12.0. The Bertz CT molecular complexity index is 500. The van der Waals surface area contributed by atoms with E-state index in [4.69, 9.17) is 10.7 Å². The molecule has 0 bridgehead atoms. The molecule has 0 spiro atoms. The van der Waals surface area contributed by atoms with Crippen LogP contribution in [-0.4, -0.2) is 29.5 Å². The van der Waals surface area contributed by atoms with Crippen molar-refractivity contribution in [1.29, 1.82) is 0 Å². The van der Waals surface area contributed by atoms with Crippen LogP contribution in [0.1, 0.15) is 25.8 Å². The molecule has 104 valence electrons. The zero-order valence-corrected chi connectivity index (χ0v) is 12.8. The summed E-state index contributed by atoms with van der Waals surface area (Å²) in [6, 6.07) is 8.33.